The zero-order valence-corrected chi connectivity index (χ0v) is 13.2. The van der Waals surface area contributed by atoms with Gasteiger partial charge in [0.05, 0.1) is 17.0 Å². The van der Waals surface area contributed by atoms with Crippen LogP contribution in [0.5, 0.6) is 0 Å². The van der Waals surface area contributed by atoms with Crippen LogP contribution in [-0.4, -0.2) is 34.4 Å². The van der Waals surface area contributed by atoms with Gasteiger partial charge in [0.25, 0.3) is 5.91 Å². The number of nitrogens with zero attached hydrogens (tertiary/aromatic N) is 1. The number of hydrogen-bond donors (Lipinski definition) is 3. The van der Waals surface area contributed by atoms with E-state index in [9.17, 15) is 4.79 Å². The van der Waals surface area contributed by atoms with Gasteiger partial charge in [-0.25, -0.2) is 0 Å². The second-order valence-corrected chi connectivity index (χ2v) is 5.72. The molecule has 0 aromatic carbocycles. The zero-order valence-electron chi connectivity index (χ0n) is 13.2. The fraction of sp³-hybridized carbons (Fsp3) is 0.733. The molecule has 0 aliphatic carbocycles. The number of aryl methyl sites for hydroxylation is 1. The summed E-state index contributed by atoms with van der Waals surface area (Å²) in [6, 6.07) is 0.118. The Labute approximate surface area is 125 Å². The van der Waals surface area contributed by atoms with Crippen molar-refractivity contribution in [1.29, 1.82) is 0 Å². The van der Waals surface area contributed by atoms with Crippen LogP contribution in [-0.2, 0) is 11.2 Å². The summed E-state index contributed by atoms with van der Waals surface area (Å²) in [5, 5.41) is 9.91. The number of aromatic nitrogens is 2. The van der Waals surface area contributed by atoms with Crippen molar-refractivity contribution in [3.8, 4) is 0 Å². The quantitative estimate of drug-likeness (QED) is 0.774. The highest BCUT2D eigenvalue weighted by Gasteiger charge is 2.35. The molecule has 21 heavy (non-hydrogen) atoms. The number of carbonyl (C=O) groups excluding carboxylic acids is 1. The maximum atomic E-state index is 12.3. The molecule has 1 aliphatic rings. The number of nitrogen functional groups attached to an aromatic ring is 1. The summed E-state index contributed by atoms with van der Waals surface area (Å²) in [6.07, 6.45) is 4.33. The molecule has 4 N–H and O–H groups in total. The van der Waals surface area contributed by atoms with Crippen molar-refractivity contribution in [3.05, 3.63) is 11.4 Å². The highest BCUT2D eigenvalue weighted by molar-refractivity contribution is 5.97. The maximum absolute atomic E-state index is 12.3. The number of anilines is 1. The Morgan fingerprint density at radius 2 is 2.19 bits per heavy atom. The molecule has 1 atom stereocenters. The molecule has 1 aliphatic heterocycles. The van der Waals surface area contributed by atoms with Crippen molar-refractivity contribution >= 4 is 11.6 Å². The van der Waals surface area contributed by atoms with Gasteiger partial charge >= 0.3 is 0 Å². The van der Waals surface area contributed by atoms with Crippen molar-refractivity contribution in [1.82, 2.24) is 15.5 Å². The summed E-state index contributed by atoms with van der Waals surface area (Å²) >= 11 is 0. The Hall–Kier alpha value is -1.56. The van der Waals surface area contributed by atoms with Gasteiger partial charge in [0.1, 0.15) is 0 Å². The molecule has 118 valence electrons. The first kappa shape index (κ1) is 15.8. The fourth-order valence-electron chi connectivity index (χ4n) is 2.98. The Bertz CT molecular complexity index is 494. The number of hydrogen-bond acceptors (Lipinski definition) is 4. The lowest BCUT2D eigenvalue weighted by Crippen LogP contribution is -2.48. The molecule has 0 saturated carbocycles. The minimum absolute atomic E-state index is 0.109. The molecule has 1 aromatic heterocycles. The van der Waals surface area contributed by atoms with E-state index in [0.29, 0.717) is 18.0 Å². The second-order valence-electron chi connectivity index (χ2n) is 5.72. The second kappa shape index (κ2) is 6.47. The Balaban J connectivity index is 2.03. The van der Waals surface area contributed by atoms with E-state index in [1.165, 1.54) is 0 Å². The molecule has 1 amide bonds. The number of amides is 1. The molecular weight excluding hydrogens is 268 g/mol. The van der Waals surface area contributed by atoms with Crippen LogP contribution in [0.3, 0.4) is 0 Å². The topological polar surface area (TPSA) is 93.0 Å². The van der Waals surface area contributed by atoms with Crippen LogP contribution in [0.2, 0.25) is 0 Å². The monoisotopic (exact) mass is 294 g/mol. The lowest BCUT2D eigenvalue weighted by Gasteiger charge is -2.40. The summed E-state index contributed by atoms with van der Waals surface area (Å²) in [5.74, 6) is -0.198. The highest BCUT2D eigenvalue weighted by Crippen LogP contribution is 2.31. The average Bonchev–Trinajstić information content (AvgIpc) is 2.88. The number of rotatable bonds is 5. The van der Waals surface area contributed by atoms with Gasteiger partial charge in [-0.3, -0.25) is 9.89 Å². The van der Waals surface area contributed by atoms with E-state index in [4.69, 9.17) is 10.5 Å². The van der Waals surface area contributed by atoms with Crippen molar-refractivity contribution in [2.75, 3.05) is 12.3 Å². The van der Waals surface area contributed by atoms with Crippen LogP contribution < -0.4 is 11.1 Å². The van der Waals surface area contributed by atoms with E-state index >= 15 is 0 Å². The van der Waals surface area contributed by atoms with Crippen LogP contribution in [0.4, 0.5) is 5.69 Å². The van der Waals surface area contributed by atoms with Crippen LogP contribution in [0.1, 0.15) is 62.6 Å². The van der Waals surface area contributed by atoms with Crippen molar-refractivity contribution in [2.24, 2.45) is 0 Å². The molecule has 1 unspecified atom stereocenters. The first-order chi connectivity index (χ1) is 10.0. The third-order valence-electron chi connectivity index (χ3n) is 4.57. The number of nitrogens with one attached hydrogen (secondary N) is 2. The minimum atomic E-state index is -0.198. The molecule has 2 heterocycles. The van der Waals surface area contributed by atoms with E-state index in [1.54, 1.807) is 0 Å². The van der Waals surface area contributed by atoms with Gasteiger partial charge < -0.3 is 15.8 Å². The molecule has 0 bridgehead atoms. The molecule has 0 spiro atoms. The summed E-state index contributed by atoms with van der Waals surface area (Å²) in [7, 11) is 0. The van der Waals surface area contributed by atoms with Crippen LogP contribution in [0, 0.1) is 0 Å². The summed E-state index contributed by atoms with van der Waals surface area (Å²) < 4.78 is 5.93. The third kappa shape index (κ3) is 3.20. The molecular formula is C15H26N4O2. The third-order valence-corrected chi connectivity index (χ3v) is 4.57. The molecule has 1 fully saturated rings. The predicted octanol–water partition coefficient (Wildman–Crippen LogP) is 2.02. The van der Waals surface area contributed by atoms with E-state index < -0.39 is 0 Å². The maximum Gasteiger partial charge on any atom is 0.274 e. The Morgan fingerprint density at radius 1 is 1.48 bits per heavy atom. The standard InChI is InChI=1S/C15H26N4O2/c1-4-11-12(16)13(19-18-11)14(20)17-10-7-8-21-15(5-2,6-3)9-10/h10H,4-9,16H2,1-3H3,(H,17,20)(H,18,19). The minimum Gasteiger partial charge on any atom is -0.395 e. The van der Waals surface area contributed by atoms with Gasteiger partial charge in [-0.1, -0.05) is 20.8 Å². The normalized spacial score (nSPS) is 21.2. The molecule has 2 rings (SSSR count). The summed E-state index contributed by atoms with van der Waals surface area (Å²) in [6.45, 7) is 6.92. The first-order valence-electron chi connectivity index (χ1n) is 7.82. The van der Waals surface area contributed by atoms with E-state index in [-0.39, 0.29) is 17.6 Å². The van der Waals surface area contributed by atoms with E-state index in [2.05, 4.69) is 29.4 Å². The molecule has 1 saturated heterocycles. The molecule has 1 aromatic rings. The van der Waals surface area contributed by atoms with Crippen molar-refractivity contribution in [3.63, 3.8) is 0 Å². The van der Waals surface area contributed by atoms with Crippen LogP contribution >= 0.6 is 0 Å². The summed E-state index contributed by atoms with van der Waals surface area (Å²) in [4.78, 5) is 12.3. The molecule has 0 radical (unpaired) electrons. The number of ether oxygens (including phenoxy) is 1. The smallest absolute Gasteiger partial charge is 0.274 e. The van der Waals surface area contributed by atoms with E-state index in [1.807, 2.05) is 6.92 Å². The zero-order chi connectivity index (χ0) is 15.5. The number of H-pyrrole nitrogens is 1. The van der Waals surface area contributed by atoms with Gasteiger partial charge in [-0.05, 0) is 32.1 Å². The Morgan fingerprint density at radius 3 is 2.76 bits per heavy atom. The lowest BCUT2D eigenvalue weighted by atomic mass is 9.86. The molecule has 6 heteroatoms. The van der Waals surface area contributed by atoms with Gasteiger partial charge in [0.15, 0.2) is 5.69 Å². The van der Waals surface area contributed by atoms with Crippen molar-refractivity contribution < 1.29 is 9.53 Å². The summed E-state index contributed by atoms with van der Waals surface area (Å²) in [5.41, 5.74) is 7.41. The highest BCUT2D eigenvalue weighted by atomic mass is 16.5. The van der Waals surface area contributed by atoms with Gasteiger partial charge in [0, 0.05) is 12.6 Å². The van der Waals surface area contributed by atoms with Crippen molar-refractivity contribution in [2.45, 2.75) is 64.5 Å². The number of aromatic amines is 1. The fourth-order valence-corrected chi connectivity index (χ4v) is 2.98. The SMILES string of the molecule is CCc1[nH]nc(C(=O)NC2CCOC(CC)(CC)C2)c1N. The number of nitrogens with two attached hydrogens (primary N) is 1. The van der Waals surface area contributed by atoms with E-state index in [0.717, 1.165) is 37.8 Å². The van der Waals surface area contributed by atoms with Crippen LogP contribution in [0.15, 0.2) is 0 Å². The average molecular weight is 294 g/mol. The molecule has 6 nitrogen and oxygen atoms in total. The first-order valence-corrected chi connectivity index (χ1v) is 7.82. The van der Waals surface area contributed by atoms with Gasteiger partial charge in [0.2, 0.25) is 0 Å². The largest absolute Gasteiger partial charge is 0.395 e. The van der Waals surface area contributed by atoms with Gasteiger partial charge in [-0.15, -0.1) is 0 Å². The van der Waals surface area contributed by atoms with Crippen LogP contribution in [0.25, 0.3) is 0 Å². The lowest BCUT2D eigenvalue weighted by molar-refractivity contribution is -0.0917. The Kier molecular flexibility index (Phi) is 4.88. The van der Waals surface area contributed by atoms with Gasteiger partial charge in [-0.2, -0.15) is 5.10 Å². The predicted molar refractivity (Wildman–Crippen MR) is 82.1 cm³/mol. The number of carbonyl (C=O) groups is 1.